The van der Waals surface area contributed by atoms with E-state index in [-0.39, 0.29) is 17.9 Å². The zero-order chi connectivity index (χ0) is 22.3. The van der Waals surface area contributed by atoms with Crippen molar-refractivity contribution in [2.24, 2.45) is 0 Å². The van der Waals surface area contributed by atoms with Crippen LogP contribution in [0.15, 0.2) is 65.1 Å². The van der Waals surface area contributed by atoms with Gasteiger partial charge in [-0.05, 0) is 41.2 Å². The van der Waals surface area contributed by atoms with Gasteiger partial charge in [-0.3, -0.25) is 0 Å². The highest BCUT2D eigenvalue weighted by Crippen LogP contribution is 2.48. The molecule has 0 bridgehead atoms. The van der Waals surface area contributed by atoms with Gasteiger partial charge >= 0.3 is 6.18 Å². The van der Waals surface area contributed by atoms with E-state index in [1.807, 2.05) is 24.3 Å². The number of anilines is 2. The third kappa shape index (κ3) is 4.38. The van der Waals surface area contributed by atoms with Crippen molar-refractivity contribution < 1.29 is 17.6 Å². The van der Waals surface area contributed by atoms with E-state index in [0.29, 0.717) is 17.0 Å². The molecule has 4 rings (SSSR count). The maximum absolute atomic E-state index is 13.7. The maximum Gasteiger partial charge on any atom is 0.390 e. The van der Waals surface area contributed by atoms with Crippen LogP contribution in [0.25, 0.3) is 6.08 Å². The number of nitrogens with zero attached hydrogens (tertiary/aromatic N) is 1. The summed E-state index contributed by atoms with van der Waals surface area (Å²) in [4.78, 5) is 4.50. The Morgan fingerprint density at radius 3 is 2.29 bits per heavy atom. The van der Waals surface area contributed by atoms with E-state index in [2.05, 4.69) is 31.1 Å². The van der Waals surface area contributed by atoms with Gasteiger partial charge in [-0.2, -0.15) is 18.2 Å². The summed E-state index contributed by atoms with van der Waals surface area (Å²) in [6.45, 7) is 6.40. The number of allylic oxidation sites excluding steroid dienone is 1. The van der Waals surface area contributed by atoms with Crippen molar-refractivity contribution >= 4 is 17.8 Å². The number of hydrogen-bond acceptors (Lipinski definition) is 3. The summed E-state index contributed by atoms with van der Waals surface area (Å²) in [6, 6.07) is 16.8. The predicted molar refractivity (Wildman–Crippen MR) is 116 cm³/mol. The Hall–Kier alpha value is -3.02. The molecule has 1 aliphatic carbocycles. The van der Waals surface area contributed by atoms with Gasteiger partial charge in [0, 0.05) is 5.69 Å². The molecule has 31 heavy (non-hydrogen) atoms. The lowest BCUT2D eigenvalue weighted by molar-refractivity contribution is -0.145. The first-order valence-corrected chi connectivity index (χ1v) is 10.2. The molecule has 1 aliphatic rings. The number of benzene rings is 2. The van der Waals surface area contributed by atoms with E-state index in [4.69, 9.17) is 4.42 Å². The van der Waals surface area contributed by atoms with Gasteiger partial charge in [-0.1, -0.05) is 69.3 Å². The van der Waals surface area contributed by atoms with E-state index in [1.165, 1.54) is 5.56 Å². The van der Waals surface area contributed by atoms with Crippen LogP contribution in [0.5, 0.6) is 0 Å². The van der Waals surface area contributed by atoms with E-state index in [0.717, 1.165) is 5.69 Å². The molecule has 162 valence electrons. The van der Waals surface area contributed by atoms with E-state index >= 15 is 0 Å². The number of alkyl halides is 3. The monoisotopic (exact) mass is 426 g/mol. The first-order valence-electron chi connectivity index (χ1n) is 10.2. The summed E-state index contributed by atoms with van der Waals surface area (Å²) in [6.07, 6.45) is -1.72. The molecule has 1 unspecified atom stereocenters. The van der Waals surface area contributed by atoms with Gasteiger partial charge < -0.3 is 9.73 Å². The van der Waals surface area contributed by atoms with Crippen molar-refractivity contribution in [3.05, 3.63) is 83.3 Å². The smallest absolute Gasteiger partial charge is 0.390 e. The van der Waals surface area contributed by atoms with Crippen LogP contribution < -0.4 is 5.32 Å². The molecule has 3 aromatic rings. The lowest BCUT2D eigenvalue weighted by atomic mass is 9.69. The van der Waals surface area contributed by atoms with Crippen molar-refractivity contribution in [2.45, 2.75) is 50.6 Å². The molecule has 0 saturated heterocycles. The SMILES string of the molecule is CC(C)(C)c1ccc(Nc2nc3c(o2)C=CCC3(CC(F)(F)F)c2ccccc2)cc1. The minimum Gasteiger partial charge on any atom is -0.424 e. The fraction of sp³-hybridized carbons (Fsp3) is 0.320. The van der Waals surface area contributed by atoms with Crippen molar-refractivity contribution in [3.8, 4) is 0 Å². The Morgan fingerprint density at radius 2 is 1.68 bits per heavy atom. The standard InChI is InChI=1S/C25H25F3N2O/c1-23(2,3)17-11-13-19(14-12-17)29-22-30-21-20(31-22)10-7-15-24(21,16-25(26,27)28)18-8-5-4-6-9-18/h4-14H,15-16H2,1-3H3,(H,29,30). The van der Waals surface area contributed by atoms with Crippen LogP contribution in [-0.2, 0) is 10.8 Å². The Labute approximate surface area is 180 Å². The summed E-state index contributed by atoms with van der Waals surface area (Å²) in [5.74, 6) is 0.355. The van der Waals surface area contributed by atoms with Crippen molar-refractivity contribution in [1.82, 2.24) is 4.98 Å². The second kappa shape index (κ2) is 7.59. The lowest BCUT2D eigenvalue weighted by Crippen LogP contribution is -2.35. The Kier molecular flexibility index (Phi) is 5.20. The molecule has 0 amide bonds. The zero-order valence-corrected chi connectivity index (χ0v) is 17.8. The topological polar surface area (TPSA) is 38.1 Å². The predicted octanol–water partition coefficient (Wildman–Crippen LogP) is 7.37. The minimum absolute atomic E-state index is 0.0260. The average molecular weight is 426 g/mol. The van der Waals surface area contributed by atoms with E-state index < -0.39 is 18.0 Å². The molecule has 2 aromatic carbocycles. The molecule has 0 saturated carbocycles. The first-order chi connectivity index (χ1) is 14.6. The highest BCUT2D eigenvalue weighted by molar-refractivity contribution is 5.60. The van der Waals surface area contributed by atoms with Crippen LogP contribution in [0.2, 0.25) is 0 Å². The lowest BCUT2D eigenvalue weighted by Gasteiger charge is -2.34. The molecule has 0 spiro atoms. The third-order valence-electron chi connectivity index (χ3n) is 5.67. The molecule has 1 aromatic heterocycles. The number of rotatable bonds is 4. The highest BCUT2D eigenvalue weighted by atomic mass is 19.4. The molecule has 1 atom stereocenters. The second-order valence-electron chi connectivity index (χ2n) is 9.03. The van der Waals surface area contributed by atoms with Crippen LogP contribution in [0.1, 0.15) is 56.2 Å². The molecule has 0 aliphatic heterocycles. The van der Waals surface area contributed by atoms with Crippen molar-refractivity contribution in [3.63, 3.8) is 0 Å². The third-order valence-corrected chi connectivity index (χ3v) is 5.67. The van der Waals surface area contributed by atoms with Gasteiger partial charge in [0.2, 0.25) is 0 Å². The quantitative estimate of drug-likeness (QED) is 0.473. The number of fused-ring (bicyclic) bond motifs is 1. The number of halogens is 3. The van der Waals surface area contributed by atoms with Gasteiger partial charge in [-0.25, -0.2) is 0 Å². The maximum atomic E-state index is 13.7. The van der Waals surface area contributed by atoms with Crippen LogP contribution in [0.3, 0.4) is 0 Å². The molecule has 0 fully saturated rings. The van der Waals surface area contributed by atoms with Gasteiger partial charge in [0.05, 0.1) is 17.5 Å². The fourth-order valence-corrected chi connectivity index (χ4v) is 4.09. The van der Waals surface area contributed by atoms with Gasteiger partial charge in [0.25, 0.3) is 6.01 Å². The van der Waals surface area contributed by atoms with E-state index in [9.17, 15) is 13.2 Å². The molecular formula is C25H25F3N2O. The van der Waals surface area contributed by atoms with Gasteiger partial charge in [0.15, 0.2) is 5.76 Å². The molecule has 1 N–H and O–H groups in total. The zero-order valence-electron chi connectivity index (χ0n) is 17.8. The second-order valence-corrected chi connectivity index (χ2v) is 9.03. The fourth-order valence-electron chi connectivity index (χ4n) is 4.09. The summed E-state index contributed by atoms with van der Waals surface area (Å²) < 4.78 is 46.8. The van der Waals surface area contributed by atoms with Crippen molar-refractivity contribution in [2.75, 3.05) is 5.32 Å². The summed E-state index contributed by atoms with van der Waals surface area (Å²) in [5.41, 5.74) is 1.54. The van der Waals surface area contributed by atoms with Gasteiger partial charge in [-0.15, -0.1) is 0 Å². The Bertz CT molecular complexity index is 1080. The summed E-state index contributed by atoms with van der Waals surface area (Å²) >= 11 is 0. The molecule has 1 heterocycles. The number of aromatic nitrogens is 1. The minimum atomic E-state index is -4.35. The number of hydrogen-bond donors (Lipinski definition) is 1. The Morgan fingerprint density at radius 1 is 1.00 bits per heavy atom. The highest BCUT2D eigenvalue weighted by Gasteiger charge is 2.48. The summed E-state index contributed by atoms with van der Waals surface area (Å²) in [5, 5.41) is 3.10. The largest absolute Gasteiger partial charge is 0.424 e. The van der Waals surface area contributed by atoms with Gasteiger partial charge in [0.1, 0.15) is 0 Å². The van der Waals surface area contributed by atoms with E-state index in [1.54, 1.807) is 42.5 Å². The first kappa shape index (κ1) is 21.2. The summed E-state index contributed by atoms with van der Waals surface area (Å²) in [7, 11) is 0. The van der Waals surface area contributed by atoms with Crippen LogP contribution >= 0.6 is 0 Å². The van der Waals surface area contributed by atoms with Crippen molar-refractivity contribution in [1.29, 1.82) is 0 Å². The molecule has 6 heteroatoms. The van der Waals surface area contributed by atoms with Crippen LogP contribution in [0.4, 0.5) is 24.9 Å². The van der Waals surface area contributed by atoms with Crippen LogP contribution in [0, 0.1) is 0 Å². The normalized spacial score (nSPS) is 18.6. The Balaban J connectivity index is 1.71. The molecule has 0 radical (unpaired) electrons. The number of nitrogens with one attached hydrogen (secondary N) is 1. The van der Waals surface area contributed by atoms with Crippen LogP contribution in [-0.4, -0.2) is 11.2 Å². The molecular weight excluding hydrogens is 401 g/mol. The molecule has 3 nitrogen and oxygen atoms in total. The average Bonchev–Trinajstić information content (AvgIpc) is 3.11. The number of oxazole rings is 1.